The topological polar surface area (TPSA) is 52.6 Å². The van der Waals surface area contributed by atoms with Crippen LogP contribution in [-0.2, 0) is 6.54 Å². The Kier molecular flexibility index (Phi) is 5.84. The van der Waals surface area contributed by atoms with Crippen molar-refractivity contribution >= 4 is 11.8 Å². The monoisotopic (exact) mass is 289 g/mol. The Morgan fingerprint density at radius 2 is 2.05 bits per heavy atom. The number of rotatable bonds is 7. The number of guanidine groups is 1. The maximum absolute atomic E-state index is 4.62. The number of nitrogens with one attached hydrogen (secondary N) is 2. The smallest absolute Gasteiger partial charge is 0.191 e. The van der Waals surface area contributed by atoms with Crippen molar-refractivity contribution in [3.63, 3.8) is 0 Å². The van der Waals surface area contributed by atoms with Gasteiger partial charge < -0.3 is 15.5 Å². The summed E-state index contributed by atoms with van der Waals surface area (Å²) >= 11 is 0. The number of hydrogen-bond acceptors (Lipinski definition) is 3. The summed E-state index contributed by atoms with van der Waals surface area (Å²) in [7, 11) is 0. The molecule has 0 saturated heterocycles. The number of hydrogen-bond donors (Lipinski definition) is 2. The molecule has 0 aliphatic heterocycles. The molecule has 5 heteroatoms. The fraction of sp³-hybridized carbons (Fsp3) is 0.625. The lowest BCUT2D eigenvalue weighted by atomic mass is 10.3. The van der Waals surface area contributed by atoms with Gasteiger partial charge in [0.2, 0.25) is 0 Å². The first kappa shape index (κ1) is 15.6. The molecular weight excluding hydrogens is 262 g/mol. The average Bonchev–Trinajstić information content (AvgIpc) is 3.31. The van der Waals surface area contributed by atoms with Crippen LogP contribution in [0.3, 0.4) is 0 Å². The summed E-state index contributed by atoms with van der Waals surface area (Å²) < 4.78 is 0. The first-order valence-electron chi connectivity index (χ1n) is 8.01. The van der Waals surface area contributed by atoms with Crippen LogP contribution in [0.15, 0.2) is 23.3 Å². The molecule has 0 amide bonds. The van der Waals surface area contributed by atoms with Crippen molar-refractivity contribution in [2.45, 2.75) is 46.2 Å². The Morgan fingerprint density at radius 3 is 2.57 bits per heavy atom. The largest absolute Gasteiger partial charge is 0.357 e. The van der Waals surface area contributed by atoms with Crippen molar-refractivity contribution in [2.24, 2.45) is 4.99 Å². The van der Waals surface area contributed by atoms with Gasteiger partial charge >= 0.3 is 0 Å². The number of nitrogens with zero attached hydrogens (tertiary/aromatic N) is 3. The SMILES string of the molecule is CCNC(=NCc1ccc(N(CC)CC)nc1)NC1CC1. The molecule has 1 aliphatic carbocycles. The van der Waals surface area contributed by atoms with E-state index >= 15 is 0 Å². The van der Waals surface area contributed by atoms with Gasteiger partial charge in [0.1, 0.15) is 5.82 Å². The van der Waals surface area contributed by atoms with Crippen molar-refractivity contribution in [1.82, 2.24) is 15.6 Å². The maximum Gasteiger partial charge on any atom is 0.191 e. The minimum atomic E-state index is 0.617. The number of pyridine rings is 1. The van der Waals surface area contributed by atoms with Crippen LogP contribution in [0, 0.1) is 0 Å². The van der Waals surface area contributed by atoms with Crippen LogP contribution < -0.4 is 15.5 Å². The molecule has 1 aliphatic rings. The van der Waals surface area contributed by atoms with E-state index in [-0.39, 0.29) is 0 Å². The first-order chi connectivity index (χ1) is 10.3. The zero-order chi connectivity index (χ0) is 15.1. The van der Waals surface area contributed by atoms with E-state index < -0.39 is 0 Å². The van der Waals surface area contributed by atoms with Crippen molar-refractivity contribution in [1.29, 1.82) is 0 Å². The van der Waals surface area contributed by atoms with Gasteiger partial charge in [-0.25, -0.2) is 9.98 Å². The van der Waals surface area contributed by atoms with Crippen molar-refractivity contribution in [3.05, 3.63) is 23.9 Å². The average molecular weight is 289 g/mol. The van der Waals surface area contributed by atoms with Gasteiger partial charge in [-0.3, -0.25) is 0 Å². The highest BCUT2D eigenvalue weighted by atomic mass is 15.2. The minimum Gasteiger partial charge on any atom is -0.357 e. The van der Waals surface area contributed by atoms with E-state index in [1.165, 1.54) is 12.8 Å². The fourth-order valence-electron chi connectivity index (χ4n) is 2.16. The quantitative estimate of drug-likeness (QED) is 0.596. The number of aliphatic imine (C=N–C) groups is 1. The van der Waals surface area contributed by atoms with Crippen molar-refractivity contribution < 1.29 is 0 Å². The second kappa shape index (κ2) is 7.86. The predicted molar refractivity (Wildman–Crippen MR) is 88.8 cm³/mol. The third-order valence-electron chi connectivity index (χ3n) is 3.58. The van der Waals surface area contributed by atoms with Crippen LogP contribution in [0.5, 0.6) is 0 Å². The Balaban J connectivity index is 1.94. The second-order valence-corrected chi connectivity index (χ2v) is 5.31. The molecule has 1 fully saturated rings. The highest BCUT2D eigenvalue weighted by Crippen LogP contribution is 2.18. The molecule has 0 spiro atoms. The standard InChI is InChI=1S/C16H27N5/c1-4-17-16(20-14-8-9-14)19-12-13-7-10-15(18-11-13)21(5-2)6-3/h7,10-11,14H,4-6,8-9,12H2,1-3H3,(H2,17,19,20). The highest BCUT2D eigenvalue weighted by Gasteiger charge is 2.21. The van der Waals surface area contributed by atoms with Gasteiger partial charge in [-0.05, 0) is 45.2 Å². The summed E-state index contributed by atoms with van der Waals surface area (Å²) in [6.07, 6.45) is 4.44. The molecule has 116 valence electrons. The molecule has 1 aromatic rings. The summed E-state index contributed by atoms with van der Waals surface area (Å²) in [6.45, 7) is 9.90. The molecule has 2 N–H and O–H groups in total. The van der Waals surface area contributed by atoms with E-state index in [0.717, 1.165) is 37.0 Å². The van der Waals surface area contributed by atoms with Gasteiger partial charge in [-0.1, -0.05) is 6.07 Å². The van der Waals surface area contributed by atoms with Crippen LogP contribution in [-0.4, -0.2) is 36.6 Å². The molecule has 21 heavy (non-hydrogen) atoms. The highest BCUT2D eigenvalue weighted by molar-refractivity contribution is 5.80. The van der Waals surface area contributed by atoms with Gasteiger partial charge in [-0.15, -0.1) is 0 Å². The summed E-state index contributed by atoms with van der Waals surface area (Å²) in [6, 6.07) is 4.81. The summed E-state index contributed by atoms with van der Waals surface area (Å²) in [5.74, 6) is 1.95. The van der Waals surface area contributed by atoms with Crippen molar-refractivity contribution in [2.75, 3.05) is 24.5 Å². The zero-order valence-corrected chi connectivity index (χ0v) is 13.4. The Hall–Kier alpha value is -1.78. The minimum absolute atomic E-state index is 0.617. The molecular formula is C16H27N5. The van der Waals surface area contributed by atoms with E-state index in [0.29, 0.717) is 12.6 Å². The first-order valence-corrected chi connectivity index (χ1v) is 8.01. The van der Waals surface area contributed by atoms with Gasteiger partial charge in [0.15, 0.2) is 5.96 Å². The van der Waals surface area contributed by atoms with Gasteiger partial charge in [-0.2, -0.15) is 0 Å². The molecule has 1 aromatic heterocycles. The van der Waals surface area contributed by atoms with E-state index in [4.69, 9.17) is 0 Å². The Bertz CT molecular complexity index is 446. The molecule has 1 saturated carbocycles. The lowest BCUT2D eigenvalue weighted by molar-refractivity contribution is 0.810. The number of aromatic nitrogens is 1. The third kappa shape index (κ3) is 4.92. The molecule has 0 atom stereocenters. The van der Waals surface area contributed by atoms with Crippen molar-refractivity contribution in [3.8, 4) is 0 Å². The molecule has 2 rings (SSSR count). The van der Waals surface area contributed by atoms with E-state index in [1.807, 2.05) is 6.20 Å². The lowest BCUT2D eigenvalue weighted by Gasteiger charge is -2.19. The lowest BCUT2D eigenvalue weighted by Crippen LogP contribution is -2.38. The molecule has 1 heterocycles. The molecule has 0 aromatic carbocycles. The van der Waals surface area contributed by atoms with E-state index in [9.17, 15) is 0 Å². The van der Waals surface area contributed by atoms with Gasteiger partial charge in [0.05, 0.1) is 6.54 Å². The van der Waals surface area contributed by atoms with E-state index in [1.54, 1.807) is 0 Å². The predicted octanol–water partition coefficient (Wildman–Crippen LogP) is 2.15. The van der Waals surface area contributed by atoms with Crippen LogP contribution >= 0.6 is 0 Å². The van der Waals surface area contributed by atoms with Crippen LogP contribution in [0.25, 0.3) is 0 Å². The van der Waals surface area contributed by atoms with Crippen LogP contribution in [0.1, 0.15) is 39.2 Å². The Morgan fingerprint density at radius 1 is 1.29 bits per heavy atom. The summed E-state index contributed by atoms with van der Waals surface area (Å²) in [4.78, 5) is 11.4. The normalized spacial score (nSPS) is 14.9. The summed E-state index contributed by atoms with van der Waals surface area (Å²) in [5, 5.41) is 6.70. The second-order valence-electron chi connectivity index (χ2n) is 5.31. The maximum atomic E-state index is 4.62. The molecule has 5 nitrogen and oxygen atoms in total. The molecule has 0 unspecified atom stereocenters. The van der Waals surface area contributed by atoms with Gasteiger partial charge in [0, 0.05) is 31.9 Å². The molecule has 0 radical (unpaired) electrons. The molecule has 0 bridgehead atoms. The zero-order valence-electron chi connectivity index (χ0n) is 13.4. The number of anilines is 1. The van der Waals surface area contributed by atoms with Gasteiger partial charge in [0.25, 0.3) is 0 Å². The van der Waals surface area contributed by atoms with Crippen LogP contribution in [0.2, 0.25) is 0 Å². The summed E-state index contributed by atoms with van der Waals surface area (Å²) in [5.41, 5.74) is 1.14. The Labute approximate surface area is 127 Å². The third-order valence-corrected chi connectivity index (χ3v) is 3.58. The fourth-order valence-corrected chi connectivity index (χ4v) is 2.16. The van der Waals surface area contributed by atoms with E-state index in [2.05, 4.69) is 58.4 Å². The van der Waals surface area contributed by atoms with Crippen LogP contribution in [0.4, 0.5) is 5.82 Å².